The topological polar surface area (TPSA) is 62.5 Å². The highest BCUT2D eigenvalue weighted by molar-refractivity contribution is 5.96. The second-order valence-corrected chi connectivity index (χ2v) is 5.93. The van der Waals surface area contributed by atoms with E-state index < -0.39 is 12.0 Å². The lowest BCUT2D eigenvalue weighted by atomic mass is 9.93. The second-order valence-electron chi connectivity index (χ2n) is 5.93. The van der Waals surface area contributed by atoms with E-state index in [1.54, 1.807) is 0 Å². The largest absolute Gasteiger partial charge is 0.480 e. The summed E-state index contributed by atoms with van der Waals surface area (Å²) < 4.78 is 2.02. The van der Waals surface area contributed by atoms with Crippen molar-refractivity contribution in [1.29, 1.82) is 0 Å². The molecule has 1 saturated carbocycles. The Hall–Kier alpha value is -1.78. The number of nitrogens with zero attached hydrogens (tertiary/aromatic N) is 2. The van der Waals surface area contributed by atoms with E-state index in [0.717, 1.165) is 19.3 Å². The zero-order valence-corrected chi connectivity index (χ0v) is 11.7. The van der Waals surface area contributed by atoms with Crippen molar-refractivity contribution in [1.82, 2.24) is 9.47 Å². The van der Waals surface area contributed by atoms with Crippen LogP contribution in [0, 0.1) is 5.92 Å². The van der Waals surface area contributed by atoms with Crippen LogP contribution >= 0.6 is 0 Å². The third-order valence-electron chi connectivity index (χ3n) is 4.68. The zero-order valence-electron chi connectivity index (χ0n) is 11.7. The summed E-state index contributed by atoms with van der Waals surface area (Å²) >= 11 is 0. The maximum absolute atomic E-state index is 12.7. The molecule has 1 aliphatic carbocycles. The lowest BCUT2D eigenvalue weighted by Gasteiger charge is -2.30. The first-order chi connectivity index (χ1) is 9.59. The summed E-state index contributed by atoms with van der Waals surface area (Å²) in [4.78, 5) is 25.6. The van der Waals surface area contributed by atoms with Gasteiger partial charge in [-0.25, -0.2) is 4.79 Å². The summed E-state index contributed by atoms with van der Waals surface area (Å²) in [7, 11) is 0. The van der Waals surface area contributed by atoms with Gasteiger partial charge in [0.15, 0.2) is 0 Å². The lowest BCUT2D eigenvalue weighted by Crippen LogP contribution is -2.43. The van der Waals surface area contributed by atoms with Crippen molar-refractivity contribution >= 4 is 11.9 Å². The number of amides is 1. The molecular weight excluding hydrogens is 256 g/mol. The fraction of sp³-hybridized carbons (Fsp3) is 0.600. The number of hydrogen-bond acceptors (Lipinski definition) is 2. The average Bonchev–Trinajstić information content (AvgIpc) is 2.92. The Bertz CT molecular complexity index is 533. The van der Waals surface area contributed by atoms with Gasteiger partial charge in [-0.05, 0) is 43.7 Å². The van der Waals surface area contributed by atoms with Crippen LogP contribution in [0.25, 0.3) is 0 Å². The average molecular weight is 276 g/mol. The SMILES string of the molecule is CC1CCN(C(=O)c2cccn2C2CCC2)C1C(=O)O. The summed E-state index contributed by atoms with van der Waals surface area (Å²) in [5.74, 6) is -1.02. The second kappa shape index (κ2) is 4.96. The van der Waals surface area contributed by atoms with Crippen molar-refractivity contribution in [3.8, 4) is 0 Å². The van der Waals surface area contributed by atoms with Gasteiger partial charge in [0.25, 0.3) is 5.91 Å². The molecule has 0 radical (unpaired) electrons. The van der Waals surface area contributed by atoms with Crippen molar-refractivity contribution in [3.63, 3.8) is 0 Å². The standard InChI is InChI=1S/C15H20N2O3/c1-10-7-9-17(13(10)15(19)20)14(18)12-6-3-8-16(12)11-4-2-5-11/h3,6,8,10-11,13H,2,4-5,7,9H2,1H3,(H,19,20). The van der Waals surface area contributed by atoms with E-state index in [2.05, 4.69) is 0 Å². The molecule has 2 fully saturated rings. The van der Waals surface area contributed by atoms with Crippen molar-refractivity contribution < 1.29 is 14.7 Å². The highest BCUT2D eigenvalue weighted by Crippen LogP contribution is 2.34. The molecule has 1 aromatic rings. The minimum Gasteiger partial charge on any atom is -0.480 e. The highest BCUT2D eigenvalue weighted by atomic mass is 16.4. The molecule has 2 atom stereocenters. The van der Waals surface area contributed by atoms with Crippen LogP contribution in [0.3, 0.4) is 0 Å². The van der Waals surface area contributed by atoms with Crippen molar-refractivity contribution in [3.05, 3.63) is 24.0 Å². The molecule has 2 unspecified atom stereocenters. The fourth-order valence-electron chi connectivity index (χ4n) is 3.26. The predicted octanol–water partition coefficient (Wildman–Crippen LogP) is 2.15. The number of carbonyl (C=O) groups is 2. The number of carbonyl (C=O) groups excluding carboxylic acids is 1. The van der Waals surface area contributed by atoms with Crippen LogP contribution in [-0.4, -0.2) is 39.0 Å². The van der Waals surface area contributed by atoms with Gasteiger partial charge in [0.05, 0.1) is 0 Å². The number of aliphatic carboxylic acids is 1. The van der Waals surface area contributed by atoms with E-state index >= 15 is 0 Å². The van der Waals surface area contributed by atoms with E-state index in [-0.39, 0.29) is 11.8 Å². The van der Waals surface area contributed by atoms with Gasteiger partial charge in [0, 0.05) is 18.8 Å². The molecule has 20 heavy (non-hydrogen) atoms. The van der Waals surface area contributed by atoms with Gasteiger partial charge in [-0.15, -0.1) is 0 Å². The smallest absolute Gasteiger partial charge is 0.326 e. The minimum atomic E-state index is -0.898. The molecule has 1 aromatic heterocycles. The summed E-state index contributed by atoms with van der Waals surface area (Å²) in [6, 6.07) is 3.41. The number of hydrogen-bond donors (Lipinski definition) is 1. The first-order valence-electron chi connectivity index (χ1n) is 7.30. The Kier molecular flexibility index (Phi) is 3.28. The molecule has 2 aliphatic rings. The normalized spacial score (nSPS) is 26.6. The van der Waals surface area contributed by atoms with Crippen LogP contribution in [0.1, 0.15) is 49.1 Å². The predicted molar refractivity (Wildman–Crippen MR) is 73.6 cm³/mol. The maximum atomic E-state index is 12.7. The summed E-state index contributed by atoms with van der Waals surface area (Å²) in [6.45, 7) is 2.43. The molecule has 5 heteroatoms. The number of carboxylic acids is 1. The van der Waals surface area contributed by atoms with Crippen LogP contribution in [0.2, 0.25) is 0 Å². The van der Waals surface area contributed by atoms with Crippen LogP contribution < -0.4 is 0 Å². The van der Waals surface area contributed by atoms with Gasteiger partial charge in [-0.3, -0.25) is 4.79 Å². The van der Waals surface area contributed by atoms with E-state index in [9.17, 15) is 14.7 Å². The molecule has 1 amide bonds. The molecule has 0 spiro atoms. The van der Waals surface area contributed by atoms with Gasteiger partial charge >= 0.3 is 5.97 Å². The molecule has 108 valence electrons. The van der Waals surface area contributed by atoms with Gasteiger partial charge in [0.1, 0.15) is 11.7 Å². The summed E-state index contributed by atoms with van der Waals surface area (Å²) in [5.41, 5.74) is 0.634. The summed E-state index contributed by atoms with van der Waals surface area (Å²) in [6.07, 6.45) is 6.11. The molecule has 0 aromatic carbocycles. The molecule has 3 rings (SSSR count). The van der Waals surface area contributed by atoms with Gasteiger partial charge in [-0.1, -0.05) is 6.92 Å². The zero-order chi connectivity index (χ0) is 14.3. The van der Waals surface area contributed by atoms with Crippen LogP contribution in [0.4, 0.5) is 0 Å². The molecule has 1 N–H and O–H groups in total. The highest BCUT2D eigenvalue weighted by Gasteiger charge is 2.40. The van der Waals surface area contributed by atoms with E-state index in [4.69, 9.17) is 0 Å². The number of likely N-dealkylation sites (tertiary alicyclic amines) is 1. The molecule has 1 saturated heterocycles. The van der Waals surface area contributed by atoms with Gasteiger partial charge in [0.2, 0.25) is 0 Å². The maximum Gasteiger partial charge on any atom is 0.326 e. The quantitative estimate of drug-likeness (QED) is 0.920. The Morgan fingerprint density at radius 1 is 1.30 bits per heavy atom. The monoisotopic (exact) mass is 276 g/mol. The fourth-order valence-corrected chi connectivity index (χ4v) is 3.26. The van der Waals surface area contributed by atoms with E-state index in [0.29, 0.717) is 18.3 Å². The van der Waals surface area contributed by atoms with Crippen molar-refractivity contribution in [2.45, 2.75) is 44.7 Å². The van der Waals surface area contributed by atoms with E-state index in [1.807, 2.05) is 29.8 Å². The number of carboxylic acid groups (broad SMARTS) is 1. The molecule has 5 nitrogen and oxygen atoms in total. The minimum absolute atomic E-state index is 0.0172. The number of aromatic nitrogens is 1. The third kappa shape index (κ3) is 2.01. The molecule has 2 heterocycles. The Morgan fingerprint density at radius 3 is 2.65 bits per heavy atom. The lowest BCUT2D eigenvalue weighted by molar-refractivity contribution is -0.142. The molecular formula is C15H20N2O3. The third-order valence-corrected chi connectivity index (χ3v) is 4.68. The Morgan fingerprint density at radius 2 is 2.05 bits per heavy atom. The van der Waals surface area contributed by atoms with Crippen LogP contribution in [0.5, 0.6) is 0 Å². The first kappa shape index (κ1) is 13.2. The van der Waals surface area contributed by atoms with Gasteiger partial charge in [-0.2, -0.15) is 0 Å². The molecule has 1 aliphatic heterocycles. The van der Waals surface area contributed by atoms with Crippen molar-refractivity contribution in [2.24, 2.45) is 5.92 Å². The Labute approximate surface area is 118 Å². The van der Waals surface area contributed by atoms with Gasteiger partial charge < -0.3 is 14.6 Å². The number of rotatable bonds is 3. The summed E-state index contributed by atoms with van der Waals surface area (Å²) in [5, 5.41) is 9.34. The first-order valence-corrected chi connectivity index (χ1v) is 7.30. The van der Waals surface area contributed by atoms with Crippen LogP contribution in [-0.2, 0) is 4.79 Å². The molecule has 0 bridgehead atoms. The van der Waals surface area contributed by atoms with E-state index in [1.165, 1.54) is 11.3 Å². The van der Waals surface area contributed by atoms with Crippen molar-refractivity contribution in [2.75, 3.05) is 6.54 Å². The van der Waals surface area contributed by atoms with Crippen LogP contribution in [0.15, 0.2) is 18.3 Å². The Balaban J connectivity index is 1.85.